The maximum atomic E-state index is 11.7. The summed E-state index contributed by atoms with van der Waals surface area (Å²) in [4.78, 5) is 15.8. The van der Waals surface area contributed by atoms with Gasteiger partial charge in [-0.25, -0.2) is 0 Å². The van der Waals surface area contributed by atoms with Gasteiger partial charge in [-0.15, -0.1) is 0 Å². The van der Waals surface area contributed by atoms with E-state index >= 15 is 0 Å². The van der Waals surface area contributed by atoms with E-state index < -0.39 is 0 Å². The molecule has 0 bridgehead atoms. The number of nitrogens with zero attached hydrogens (tertiary/aromatic N) is 1. The number of pyridine rings is 1. The van der Waals surface area contributed by atoms with Crippen LogP contribution in [0.5, 0.6) is 0 Å². The van der Waals surface area contributed by atoms with Gasteiger partial charge in [-0.3, -0.25) is 9.78 Å². The van der Waals surface area contributed by atoms with Crippen molar-refractivity contribution in [3.8, 4) is 0 Å². The number of aryl methyl sites for hydroxylation is 1. The largest absolute Gasteiger partial charge is 0.352 e. The van der Waals surface area contributed by atoms with E-state index in [1.165, 1.54) is 0 Å². The van der Waals surface area contributed by atoms with Crippen molar-refractivity contribution in [2.24, 2.45) is 11.3 Å². The third kappa shape index (κ3) is 2.40. The summed E-state index contributed by atoms with van der Waals surface area (Å²) < 4.78 is 0. The van der Waals surface area contributed by atoms with Crippen LogP contribution in [-0.2, 0) is 11.3 Å². The fraction of sp³-hybridized carbons (Fsp3) is 0.538. The number of amides is 1. The van der Waals surface area contributed by atoms with E-state index in [-0.39, 0.29) is 17.2 Å². The van der Waals surface area contributed by atoms with Crippen molar-refractivity contribution in [1.82, 2.24) is 10.3 Å². The van der Waals surface area contributed by atoms with Gasteiger partial charge in [-0.05, 0) is 29.9 Å². The number of nitrogens with one attached hydrogen (secondary N) is 1. The number of rotatable bonds is 3. The molecule has 0 spiro atoms. The Morgan fingerprint density at radius 2 is 2.25 bits per heavy atom. The summed E-state index contributed by atoms with van der Waals surface area (Å²) in [5.74, 6) is 0.372. The highest BCUT2D eigenvalue weighted by atomic mass is 16.2. The van der Waals surface area contributed by atoms with Gasteiger partial charge in [0.05, 0.1) is 0 Å². The van der Waals surface area contributed by atoms with Crippen LogP contribution in [0.1, 0.15) is 31.4 Å². The standard InChI is InChI=1S/C13H18N2O/c1-9-4-10(7-14-6-9)8-15-12(16)11-5-13(11,2)3/h4,6-7,11H,5,8H2,1-3H3,(H,15,16). The summed E-state index contributed by atoms with van der Waals surface area (Å²) in [6.07, 6.45) is 4.62. The molecule has 16 heavy (non-hydrogen) atoms. The van der Waals surface area contributed by atoms with Gasteiger partial charge < -0.3 is 5.32 Å². The molecule has 0 saturated heterocycles. The Balaban J connectivity index is 1.86. The number of hydrogen-bond donors (Lipinski definition) is 1. The van der Waals surface area contributed by atoms with E-state index in [9.17, 15) is 4.79 Å². The summed E-state index contributed by atoms with van der Waals surface area (Å²) in [6, 6.07) is 2.05. The molecule has 3 nitrogen and oxygen atoms in total. The first-order valence-electron chi connectivity index (χ1n) is 5.67. The molecule has 1 fully saturated rings. The molecule has 1 aliphatic carbocycles. The van der Waals surface area contributed by atoms with Crippen molar-refractivity contribution in [2.45, 2.75) is 33.7 Å². The summed E-state index contributed by atoms with van der Waals surface area (Å²) >= 11 is 0. The second kappa shape index (κ2) is 3.89. The molecule has 1 heterocycles. The lowest BCUT2D eigenvalue weighted by Gasteiger charge is -2.06. The van der Waals surface area contributed by atoms with Gasteiger partial charge in [0.2, 0.25) is 5.91 Å². The maximum Gasteiger partial charge on any atom is 0.223 e. The minimum atomic E-state index is 0.173. The van der Waals surface area contributed by atoms with Crippen LogP contribution in [0.4, 0.5) is 0 Å². The van der Waals surface area contributed by atoms with Gasteiger partial charge in [0.15, 0.2) is 0 Å². The molecule has 1 aromatic rings. The van der Waals surface area contributed by atoms with Crippen LogP contribution in [0.15, 0.2) is 18.5 Å². The quantitative estimate of drug-likeness (QED) is 0.843. The van der Waals surface area contributed by atoms with Gasteiger partial charge in [-0.1, -0.05) is 19.9 Å². The first kappa shape index (κ1) is 11.1. The number of hydrogen-bond acceptors (Lipinski definition) is 2. The van der Waals surface area contributed by atoms with Crippen LogP contribution in [0.2, 0.25) is 0 Å². The lowest BCUT2D eigenvalue weighted by atomic mass is 10.1. The Morgan fingerprint density at radius 3 is 2.81 bits per heavy atom. The molecule has 1 atom stereocenters. The molecule has 0 aliphatic heterocycles. The van der Waals surface area contributed by atoms with Crippen molar-refractivity contribution >= 4 is 5.91 Å². The average Bonchev–Trinajstić information content (AvgIpc) is 2.85. The zero-order valence-corrected chi connectivity index (χ0v) is 10.1. The smallest absolute Gasteiger partial charge is 0.223 e. The van der Waals surface area contributed by atoms with Crippen molar-refractivity contribution in [3.63, 3.8) is 0 Å². The summed E-state index contributed by atoms with van der Waals surface area (Å²) in [6.45, 7) is 6.85. The molecule has 1 amide bonds. The normalized spacial score (nSPS) is 21.6. The van der Waals surface area contributed by atoms with Gasteiger partial charge in [0.1, 0.15) is 0 Å². The highest BCUT2D eigenvalue weighted by Crippen LogP contribution is 2.51. The Hall–Kier alpha value is -1.38. The number of carbonyl (C=O) groups is 1. The summed E-state index contributed by atoms with van der Waals surface area (Å²) in [5.41, 5.74) is 2.39. The molecular weight excluding hydrogens is 200 g/mol. The number of carbonyl (C=O) groups excluding carboxylic acids is 1. The van der Waals surface area contributed by atoms with Crippen molar-refractivity contribution in [1.29, 1.82) is 0 Å². The van der Waals surface area contributed by atoms with Crippen LogP contribution in [0.3, 0.4) is 0 Å². The predicted molar refractivity (Wildman–Crippen MR) is 62.7 cm³/mol. The Bertz CT molecular complexity index is 412. The monoisotopic (exact) mass is 218 g/mol. The molecule has 1 saturated carbocycles. The van der Waals surface area contributed by atoms with E-state index in [0.29, 0.717) is 6.54 Å². The van der Waals surface area contributed by atoms with Gasteiger partial charge >= 0.3 is 0 Å². The van der Waals surface area contributed by atoms with E-state index in [4.69, 9.17) is 0 Å². The molecule has 3 heteroatoms. The van der Waals surface area contributed by atoms with E-state index in [1.807, 2.05) is 19.2 Å². The summed E-state index contributed by atoms with van der Waals surface area (Å²) in [5, 5.41) is 2.96. The molecule has 86 valence electrons. The second-order valence-electron chi connectivity index (χ2n) is 5.33. The van der Waals surface area contributed by atoms with Gasteiger partial charge in [0.25, 0.3) is 0 Å². The highest BCUT2D eigenvalue weighted by Gasteiger charge is 2.50. The second-order valence-corrected chi connectivity index (χ2v) is 5.33. The van der Waals surface area contributed by atoms with Gasteiger partial charge in [0, 0.05) is 24.9 Å². The first-order chi connectivity index (χ1) is 7.49. The predicted octanol–water partition coefficient (Wildman–Crippen LogP) is 2.05. The zero-order chi connectivity index (χ0) is 11.8. The third-order valence-electron chi connectivity index (χ3n) is 3.23. The SMILES string of the molecule is Cc1cncc(CNC(=O)C2CC2(C)C)c1. The molecule has 2 rings (SSSR count). The minimum absolute atomic E-state index is 0.173. The van der Waals surface area contributed by atoms with Crippen LogP contribution < -0.4 is 5.32 Å². The van der Waals surface area contributed by atoms with Gasteiger partial charge in [-0.2, -0.15) is 0 Å². The van der Waals surface area contributed by atoms with Crippen LogP contribution in [0.25, 0.3) is 0 Å². The molecular formula is C13H18N2O. The zero-order valence-electron chi connectivity index (χ0n) is 10.1. The molecule has 1 unspecified atom stereocenters. The van der Waals surface area contributed by atoms with Crippen molar-refractivity contribution < 1.29 is 4.79 Å². The molecule has 1 aliphatic rings. The summed E-state index contributed by atoms with van der Waals surface area (Å²) in [7, 11) is 0. The lowest BCUT2D eigenvalue weighted by molar-refractivity contribution is -0.123. The fourth-order valence-corrected chi connectivity index (χ4v) is 1.94. The third-order valence-corrected chi connectivity index (χ3v) is 3.23. The van der Waals surface area contributed by atoms with E-state index in [2.05, 4.69) is 24.1 Å². The topological polar surface area (TPSA) is 42.0 Å². The van der Waals surface area contributed by atoms with Crippen molar-refractivity contribution in [2.75, 3.05) is 0 Å². The number of aromatic nitrogens is 1. The minimum Gasteiger partial charge on any atom is -0.352 e. The lowest BCUT2D eigenvalue weighted by Crippen LogP contribution is -2.26. The van der Waals surface area contributed by atoms with Crippen molar-refractivity contribution in [3.05, 3.63) is 29.6 Å². The molecule has 1 aromatic heterocycles. The Kier molecular flexibility index (Phi) is 2.70. The van der Waals surface area contributed by atoms with E-state index in [0.717, 1.165) is 17.5 Å². The Labute approximate surface area is 96.3 Å². The average molecular weight is 218 g/mol. The Morgan fingerprint density at radius 1 is 1.56 bits per heavy atom. The fourth-order valence-electron chi connectivity index (χ4n) is 1.94. The van der Waals surface area contributed by atoms with Crippen LogP contribution >= 0.6 is 0 Å². The molecule has 0 radical (unpaired) electrons. The van der Waals surface area contributed by atoms with E-state index in [1.54, 1.807) is 6.20 Å². The maximum absolute atomic E-state index is 11.7. The van der Waals surface area contributed by atoms with Crippen LogP contribution in [0, 0.1) is 18.3 Å². The molecule has 0 aromatic carbocycles. The highest BCUT2D eigenvalue weighted by molar-refractivity contribution is 5.82. The van der Waals surface area contributed by atoms with Crippen LogP contribution in [-0.4, -0.2) is 10.9 Å². The molecule has 1 N–H and O–H groups in total. The first-order valence-corrected chi connectivity index (χ1v) is 5.67.